The highest BCUT2D eigenvalue weighted by atomic mass is 35.5. The topological polar surface area (TPSA) is 142 Å². The van der Waals surface area contributed by atoms with E-state index in [1.807, 2.05) is 19.0 Å². The first-order valence-corrected chi connectivity index (χ1v) is 12.6. The molecule has 16 heteroatoms. The molecule has 39 heavy (non-hydrogen) atoms. The van der Waals surface area contributed by atoms with Gasteiger partial charge >= 0.3 is 6.18 Å². The van der Waals surface area contributed by atoms with Gasteiger partial charge < -0.3 is 20.9 Å². The lowest BCUT2D eigenvalue weighted by Crippen LogP contribution is -2.30. The van der Waals surface area contributed by atoms with Crippen LogP contribution < -0.4 is 16.0 Å². The number of carbonyl (C=O) groups is 3. The zero-order valence-corrected chi connectivity index (χ0v) is 22.5. The Morgan fingerprint density at radius 3 is 2.38 bits per heavy atom. The van der Waals surface area contributed by atoms with Gasteiger partial charge in [0.05, 0.1) is 22.8 Å². The van der Waals surface area contributed by atoms with Gasteiger partial charge in [-0.2, -0.15) is 13.2 Å². The largest absolute Gasteiger partial charge is 0.418 e. The lowest BCUT2D eigenvalue weighted by molar-refractivity contribution is -0.137. The van der Waals surface area contributed by atoms with E-state index in [1.165, 1.54) is 12.3 Å². The third kappa shape index (κ3) is 8.40. The lowest BCUT2D eigenvalue weighted by atomic mass is 10.2. The zero-order chi connectivity index (χ0) is 28.7. The van der Waals surface area contributed by atoms with Crippen LogP contribution in [0.5, 0.6) is 0 Å². The Labute approximate surface area is 230 Å². The Morgan fingerprint density at radius 1 is 1.03 bits per heavy atom. The van der Waals surface area contributed by atoms with Crippen molar-refractivity contribution >= 4 is 46.5 Å². The number of hydrogen-bond donors (Lipinski definition) is 3. The fourth-order valence-corrected chi connectivity index (χ4v) is 4.15. The van der Waals surface area contributed by atoms with Gasteiger partial charge in [0, 0.05) is 18.8 Å². The molecule has 0 spiro atoms. The summed E-state index contributed by atoms with van der Waals surface area (Å²) in [6, 6.07) is 1.23. The van der Waals surface area contributed by atoms with E-state index >= 15 is 0 Å². The summed E-state index contributed by atoms with van der Waals surface area (Å²) in [5.41, 5.74) is -1.14. The molecule has 208 valence electrons. The van der Waals surface area contributed by atoms with Crippen molar-refractivity contribution in [1.82, 2.24) is 35.5 Å². The number of alkyl halides is 3. The van der Waals surface area contributed by atoms with Crippen LogP contribution in [0, 0.1) is 0 Å². The normalized spacial score (nSPS) is 12.2. The van der Waals surface area contributed by atoms with Crippen LogP contribution in [-0.4, -0.2) is 69.7 Å². The van der Waals surface area contributed by atoms with E-state index in [-0.39, 0.29) is 22.1 Å². The van der Waals surface area contributed by atoms with Crippen molar-refractivity contribution in [3.8, 4) is 0 Å². The molecular weight excluding hydrogens is 561 g/mol. The van der Waals surface area contributed by atoms with E-state index in [2.05, 4.69) is 35.9 Å². The van der Waals surface area contributed by atoms with Crippen LogP contribution in [0.15, 0.2) is 30.9 Å². The van der Waals surface area contributed by atoms with Crippen molar-refractivity contribution in [2.24, 2.45) is 0 Å². The summed E-state index contributed by atoms with van der Waals surface area (Å²) >= 11 is 6.48. The van der Waals surface area contributed by atoms with Crippen molar-refractivity contribution in [2.45, 2.75) is 25.6 Å². The molecule has 0 saturated carbocycles. The maximum absolute atomic E-state index is 13.1. The zero-order valence-electron chi connectivity index (χ0n) is 21.0. The second-order valence-corrected chi connectivity index (χ2v) is 9.93. The quantitative estimate of drug-likeness (QED) is 0.308. The van der Waals surface area contributed by atoms with E-state index in [1.54, 1.807) is 6.92 Å². The number of rotatable bonds is 10. The molecule has 0 radical (unpaired) electrons. The molecule has 3 aromatic rings. The van der Waals surface area contributed by atoms with Crippen molar-refractivity contribution in [3.05, 3.63) is 62.7 Å². The molecule has 0 saturated heterocycles. The van der Waals surface area contributed by atoms with Crippen LogP contribution in [0.2, 0.25) is 5.02 Å². The van der Waals surface area contributed by atoms with Gasteiger partial charge in [-0.15, -0.1) is 11.3 Å². The standard InChI is InChI=1S/C23H24ClF3N8O3S/c1-12(33-20(37)16-8-15(31-11-32-16)19(36)28-5-4-6-35(2)3)22-30-10-17(39-22)21(38)34-18-7-13(23(25,26)27)14(24)9-29-18/h7-12H,4-6H2,1-3H3,(H,28,36)(H,33,37)(H,29,34,38). The fraction of sp³-hybridized carbons (Fsp3) is 0.348. The first-order chi connectivity index (χ1) is 18.3. The SMILES string of the molecule is CC(NC(=O)c1cc(C(=O)NCCCN(C)C)ncn1)c1ncc(C(=O)Nc2cc(C(F)(F)F)c(Cl)cn2)s1. The summed E-state index contributed by atoms with van der Waals surface area (Å²) in [7, 11) is 3.85. The van der Waals surface area contributed by atoms with Gasteiger partial charge in [0.15, 0.2) is 0 Å². The summed E-state index contributed by atoms with van der Waals surface area (Å²) in [5, 5.41) is 7.43. The van der Waals surface area contributed by atoms with Crippen molar-refractivity contribution in [1.29, 1.82) is 0 Å². The van der Waals surface area contributed by atoms with E-state index in [0.717, 1.165) is 36.8 Å². The van der Waals surface area contributed by atoms with Crippen molar-refractivity contribution in [2.75, 3.05) is 32.5 Å². The molecule has 3 amide bonds. The minimum Gasteiger partial charge on any atom is -0.351 e. The minimum atomic E-state index is -4.72. The summed E-state index contributed by atoms with van der Waals surface area (Å²) in [6.07, 6.45) is -0.849. The summed E-state index contributed by atoms with van der Waals surface area (Å²) in [6.45, 7) is 2.86. The Bertz CT molecular complexity index is 1350. The van der Waals surface area contributed by atoms with Gasteiger partial charge in [0.25, 0.3) is 17.7 Å². The van der Waals surface area contributed by atoms with Gasteiger partial charge in [0.1, 0.15) is 33.4 Å². The first kappa shape index (κ1) is 29.9. The maximum Gasteiger partial charge on any atom is 0.418 e. The number of halogens is 4. The van der Waals surface area contributed by atoms with E-state index in [0.29, 0.717) is 17.6 Å². The molecule has 0 bridgehead atoms. The molecule has 1 atom stereocenters. The Morgan fingerprint density at radius 2 is 1.72 bits per heavy atom. The number of thiazole rings is 1. The van der Waals surface area contributed by atoms with Gasteiger partial charge in [-0.3, -0.25) is 14.4 Å². The molecule has 3 heterocycles. The fourth-order valence-electron chi connectivity index (χ4n) is 3.12. The second kappa shape index (κ2) is 12.9. The molecule has 0 fully saturated rings. The monoisotopic (exact) mass is 584 g/mol. The van der Waals surface area contributed by atoms with E-state index < -0.39 is 40.5 Å². The van der Waals surface area contributed by atoms with Crippen LogP contribution in [0.25, 0.3) is 0 Å². The average molecular weight is 585 g/mol. The molecule has 3 rings (SSSR count). The average Bonchev–Trinajstić information content (AvgIpc) is 3.38. The summed E-state index contributed by atoms with van der Waals surface area (Å²) < 4.78 is 39.2. The highest BCUT2D eigenvalue weighted by Crippen LogP contribution is 2.35. The van der Waals surface area contributed by atoms with Crippen LogP contribution in [-0.2, 0) is 6.18 Å². The minimum absolute atomic E-state index is 0.0327. The number of pyridine rings is 1. The highest BCUT2D eigenvalue weighted by Gasteiger charge is 2.34. The molecule has 0 aliphatic carbocycles. The van der Waals surface area contributed by atoms with Crippen LogP contribution in [0.3, 0.4) is 0 Å². The Balaban J connectivity index is 1.61. The van der Waals surface area contributed by atoms with Gasteiger partial charge in [-0.25, -0.2) is 19.9 Å². The third-order valence-corrected chi connectivity index (χ3v) is 6.55. The highest BCUT2D eigenvalue weighted by molar-refractivity contribution is 7.13. The molecule has 0 aliphatic rings. The van der Waals surface area contributed by atoms with Crippen LogP contribution in [0.4, 0.5) is 19.0 Å². The maximum atomic E-state index is 13.1. The number of hydrogen-bond acceptors (Lipinski definition) is 9. The molecule has 3 N–H and O–H groups in total. The van der Waals surface area contributed by atoms with E-state index in [4.69, 9.17) is 11.6 Å². The second-order valence-electron chi connectivity index (χ2n) is 8.46. The molecule has 11 nitrogen and oxygen atoms in total. The van der Waals surface area contributed by atoms with Gasteiger partial charge in [0.2, 0.25) is 0 Å². The Hall–Kier alpha value is -3.69. The number of nitrogens with one attached hydrogen (secondary N) is 3. The third-order valence-electron chi connectivity index (χ3n) is 5.07. The molecule has 0 aliphatic heterocycles. The number of anilines is 1. The van der Waals surface area contributed by atoms with Gasteiger partial charge in [-0.05, 0) is 40.1 Å². The van der Waals surface area contributed by atoms with E-state index in [9.17, 15) is 27.6 Å². The molecule has 0 aromatic carbocycles. The number of nitrogens with zero attached hydrogens (tertiary/aromatic N) is 5. The molecule has 1 unspecified atom stereocenters. The summed E-state index contributed by atoms with van der Waals surface area (Å²) in [4.78, 5) is 55.3. The Kier molecular flexibility index (Phi) is 9.88. The number of carbonyl (C=O) groups excluding carboxylic acids is 3. The predicted octanol–water partition coefficient (Wildman–Crippen LogP) is 3.43. The molecular formula is C23H24ClF3N8O3S. The number of aromatic nitrogens is 4. The first-order valence-electron chi connectivity index (χ1n) is 11.4. The van der Waals surface area contributed by atoms with Crippen molar-refractivity contribution < 1.29 is 27.6 Å². The van der Waals surface area contributed by atoms with Crippen LogP contribution >= 0.6 is 22.9 Å². The van der Waals surface area contributed by atoms with Crippen molar-refractivity contribution in [3.63, 3.8) is 0 Å². The summed E-state index contributed by atoms with van der Waals surface area (Å²) in [5.74, 6) is -2.12. The lowest BCUT2D eigenvalue weighted by Gasteiger charge is -2.12. The molecule has 3 aromatic heterocycles. The number of amides is 3. The van der Waals surface area contributed by atoms with Gasteiger partial charge in [-0.1, -0.05) is 11.6 Å². The smallest absolute Gasteiger partial charge is 0.351 e. The van der Waals surface area contributed by atoms with Crippen LogP contribution in [0.1, 0.15) is 60.6 Å². The predicted molar refractivity (Wildman–Crippen MR) is 138 cm³/mol.